The monoisotopic (exact) mass is 284 g/mol. The first kappa shape index (κ1) is 15.5. The second-order valence-corrected chi connectivity index (χ2v) is 5.33. The molecule has 1 N–H and O–H groups in total. The third-order valence-corrected chi connectivity index (χ3v) is 3.58. The fourth-order valence-corrected chi connectivity index (χ4v) is 2.57. The normalized spacial score (nSPS) is 12.2. The van der Waals surface area contributed by atoms with Gasteiger partial charge in [-0.15, -0.1) is 0 Å². The number of nitrogens with zero attached hydrogens (tertiary/aromatic N) is 1. The highest BCUT2D eigenvalue weighted by atomic mass is 16.5. The van der Waals surface area contributed by atoms with Gasteiger partial charge in [-0.25, -0.2) is 0 Å². The molecule has 2 rings (SSSR count). The van der Waals surface area contributed by atoms with Crippen LogP contribution in [0.4, 0.5) is 0 Å². The molecule has 112 valence electrons. The van der Waals surface area contributed by atoms with E-state index in [9.17, 15) is 0 Å². The van der Waals surface area contributed by atoms with E-state index in [4.69, 9.17) is 4.74 Å². The number of nitrogens with one attached hydrogen (secondary N) is 1. The standard InChI is InChI=1S/C18H24N2O/c1-5-19-17(16-8-6-7-14(3)20-16)12-15-11-13(2)9-10-18(15)21-4/h6-11,17,19H,5,12H2,1-4H3. The van der Waals surface area contributed by atoms with Crippen LogP contribution < -0.4 is 10.1 Å². The molecule has 21 heavy (non-hydrogen) atoms. The van der Waals surface area contributed by atoms with Crippen molar-refractivity contribution in [1.29, 1.82) is 0 Å². The van der Waals surface area contributed by atoms with E-state index in [1.165, 1.54) is 11.1 Å². The van der Waals surface area contributed by atoms with Gasteiger partial charge in [0.05, 0.1) is 18.8 Å². The van der Waals surface area contributed by atoms with Crippen LogP contribution >= 0.6 is 0 Å². The predicted molar refractivity (Wildman–Crippen MR) is 86.8 cm³/mol. The van der Waals surface area contributed by atoms with Gasteiger partial charge < -0.3 is 10.1 Å². The summed E-state index contributed by atoms with van der Waals surface area (Å²) in [4.78, 5) is 4.66. The van der Waals surface area contributed by atoms with Crippen molar-refractivity contribution in [2.24, 2.45) is 0 Å². The van der Waals surface area contributed by atoms with Crippen LogP contribution in [0.15, 0.2) is 36.4 Å². The number of benzene rings is 1. The minimum atomic E-state index is 0.200. The van der Waals surface area contributed by atoms with Crippen molar-refractivity contribution in [1.82, 2.24) is 10.3 Å². The molecule has 0 aliphatic rings. The van der Waals surface area contributed by atoms with Gasteiger partial charge in [-0.1, -0.05) is 30.7 Å². The van der Waals surface area contributed by atoms with E-state index in [2.05, 4.69) is 48.4 Å². The van der Waals surface area contributed by atoms with Gasteiger partial charge in [-0.05, 0) is 50.6 Å². The number of aryl methyl sites for hydroxylation is 2. The quantitative estimate of drug-likeness (QED) is 0.880. The highest BCUT2D eigenvalue weighted by Crippen LogP contribution is 2.25. The van der Waals surface area contributed by atoms with Crippen molar-refractivity contribution in [3.63, 3.8) is 0 Å². The number of ether oxygens (including phenoxy) is 1. The van der Waals surface area contributed by atoms with E-state index in [1.54, 1.807) is 7.11 Å². The average molecular weight is 284 g/mol. The molecule has 0 aliphatic heterocycles. The third kappa shape index (κ3) is 4.05. The highest BCUT2D eigenvalue weighted by molar-refractivity contribution is 5.38. The molecule has 1 unspecified atom stereocenters. The topological polar surface area (TPSA) is 34.1 Å². The Morgan fingerprint density at radius 1 is 1.19 bits per heavy atom. The minimum Gasteiger partial charge on any atom is -0.496 e. The Hall–Kier alpha value is -1.87. The summed E-state index contributed by atoms with van der Waals surface area (Å²) in [7, 11) is 1.72. The highest BCUT2D eigenvalue weighted by Gasteiger charge is 2.15. The zero-order chi connectivity index (χ0) is 15.2. The summed E-state index contributed by atoms with van der Waals surface area (Å²) >= 11 is 0. The molecular formula is C18H24N2O. The summed E-state index contributed by atoms with van der Waals surface area (Å²) in [5.41, 5.74) is 4.59. The Bertz CT molecular complexity index is 596. The lowest BCUT2D eigenvalue weighted by molar-refractivity contribution is 0.405. The van der Waals surface area contributed by atoms with Crippen LogP contribution in [0, 0.1) is 13.8 Å². The molecule has 0 radical (unpaired) electrons. The Morgan fingerprint density at radius 2 is 2.00 bits per heavy atom. The molecule has 0 saturated carbocycles. The average Bonchev–Trinajstić information content (AvgIpc) is 2.47. The number of rotatable bonds is 6. The first-order valence-electron chi connectivity index (χ1n) is 7.44. The van der Waals surface area contributed by atoms with Gasteiger partial charge in [-0.2, -0.15) is 0 Å². The van der Waals surface area contributed by atoms with Gasteiger partial charge in [0.15, 0.2) is 0 Å². The molecule has 2 aromatic rings. The molecule has 0 spiro atoms. The van der Waals surface area contributed by atoms with E-state index in [1.807, 2.05) is 19.1 Å². The van der Waals surface area contributed by atoms with Gasteiger partial charge in [0.25, 0.3) is 0 Å². The Labute approximate surface area is 127 Å². The maximum Gasteiger partial charge on any atom is 0.122 e. The minimum absolute atomic E-state index is 0.200. The zero-order valence-electron chi connectivity index (χ0n) is 13.3. The molecule has 1 atom stereocenters. The summed E-state index contributed by atoms with van der Waals surface area (Å²) in [6.45, 7) is 7.17. The predicted octanol–water partition coefficient (Wildman–Crippen LogP) is 3.60. The van der Waals surface area contributed by atoms with Crippen LogP contribution in [0.1, 0.15) is 35.5 Å². The third-order valence-electron chi connectivity index (χ3n) is 3.58. The molecule has 0 saturated heterocycles. The van der Waals surface area contributed by atoms with E-state index in [0.717, 1.165) is 30.1 Å². The molecule has 1 heterocycles. The smallest absolute Gasteiger partial charge is 0.122 e. The first-order chi connectivity index (χ1) is 10.1. The Balaban J connectivity index is 2.30. The SMILES string of the molecule is CCNC(Cc1cc(C)ccc1OC)c1cccc(C)n1. The number of likely N-dealkylation sites (N-methyl/N-ethyl adjacent to an activating group) is 1. The summed E-state index contributed by atoms with van der Waals surface area (Å²) < 4.78 is 5.49. The van der Waals surface area contributed by atoms with Gasteiger partial charge in [-0.3, -0.25) is 4.98 Å². The molecule has 0 fully saturated rings. The number of hydrogen-bond acceptors (Lipinski definition) is 3. The van der Waals surface area contributed by atoms with Crippen LogP contribution in [0.3, 0.4) is 0 Å². The fraction of sp³-hybridized carbons (Fsp3) is 0.389. The van der Waals surface area contributed by atoms with Gasteiger partial charge in [0, 0.05) is 5.69 Å². The molecule has 1 aromatic carbocycles. The maximum atomic E-state index is 5.49. The fourth-order valence-electron chi connectivity index (χ4n) is 2.57. The Morgan fingerprint density at radius 3 is 2.67 bits per heavy atom. The zero-order valence-corrected chi connectivity index (χ0v) is 13.3. The lowest BCUT2D eigenvalue weighted by Crippen LogP contribution is -2.24. The number of pyridine rings is 1. The van der Waals surface area contributed by atoms with E-state index >= 15 is 0 Å². The van der Waals surface area contributed by atoms with Crippen molar-refractivity contribution in [2.75, 3.05) is 13.7 Å². The van der Waals surface area contributed by atoms with Gasteiger partial charge in [0.1, 0.15) is 5.75 Å². The van der Waals surface area contributed by atoms with Crippen LogP contribution in [0.25, 0.3) is 0 Å². The first-order valence-corrected chi connectivity index (χ1v) is 7.44. The van der Waals surface area contributed by atoms with Crippen LogP contribution in [-0.2, 0) is 6.42 Å². The number of methoxy groups -OCH3 is 1. The second kappa shape index (κ2) is 7.23. The van der Waals surface area contributed by atoms with Crippen LogP contribution in [-0.4, -0.2) is 18.6 Å². The molecule has 3 nitrogen and oxygen atoms in total. The Kier molecular flexibility index (Phi) is 5.34. The lowest BCUT2D eigenvalue weighted by atomic mass is 10.00. The van der Waals surface area contributed by atoms with Crippen molar-refractivity contribution in [3.05, 3.63) is 58.9 Å². The van der Waals surface area contributed by atoms with Gasteiger partial charge in [0.2, 0.25) is 0 Å². The molecular weight excluding hydrogens is 260 g/mol. The molecule has 1 aromatic heterocycles. The number of hydrogen-bond donors (Lipinski definition) is 1. The summed E-state index contributed by atoms with van der Waals surface area (Å²) in [6.07, 6.45) is 0.870. The number of aromatic nitrogens is 1. The van der Waals surface area contributed by atoms with Crippen molar-refractivity contribution in [2.45, 2.75) is 33.2 Å². The molecule has 0 bridgehead atoms. The van der Waals surface area contributed by atoms with E-state index in [-0.39, 0.29) is 6.04 Å². The molecule has 0 aliphatic carbocycles. The van der Waals surface area contributed by atoms with Crippen LogP contribution in [0.5, 0.6) is 5.75 Å². The van der Waals surface area contributed by atoms with Crippen molar-refractivity contribution < 1.29 is 4.74 Å². The maximum absolute atomic E-state index is 5.49. The van der Waals surface area contributed by atoms with E-state index < -0.39 is 0 Å². The molecule has 0 amide bonds. The summed E-state index contributed by atoms with van der Waals surface area (Å²) in [6, 6.07) is 12.7. The van der Waals surface area contributed by atoms with Crippen molar-refractivity contribution in [3.8, 4) is 5.75 Å². The second-order valence-electron chi connectivity index (χ2n) is 5.33. The van der Waals surface area contributed by atoms with Gasteiger partial charge >= 0.3 is 0 Å². The largest absolute Gasteiger partial charge is 0.496 e. The summed E-state index contributed by atoms with van der Waals surface area (Å²) in [5, 5.41) is 3.53. The summed E-state index contributed by atoms with van der Waals surface area (Å²) in [5.74, 6) is 0.941. The van der Waals surface area contributed by atoms with Crippen LogP contribution in [0.2, 0.25) is 0 Å². The lowest BCUT2D eigenvalue weighted by Gasteiger charge is -2.19. The van der Waals surface area contributed by atoms with E-state index in [0.29, 0.717) is 0 Å². The van der Waals surface area contributed by atoms with Crippen molar-refractivity contribution >= 4 is 0 Å². The molecule has 3 heteroatoms.